The summed E-state index contributed by atoms with van der Waals surface area (Å²) in [5.74, 6) is -1.66. The van der Waals surface area contributed by atoms with E-state index >= 15 is 0 Å². The number of carbonyl (C=O) groups is 2. The summed E-state index contributed by atoms with van der Waals surface area (Å²) in [6.07, 6.45) is 3.30. The Morgan fingerprint density at radius 3 is 3.00 bits per heavy atom. The van der Waals surface area contributed by atoms with Crippen LogP contribution in [0.25, 0.3) is 6.08 Å². The molecule has 8 heteroatoms. The number of carboxylic acids is 1. The van der Waals surface area contributed by atoms with Gasteiger partial charge in [0.25, 0.3) is 5.91 Å². The Morgan fingerprint density at radius 2 is 2.39 bits per heavy atom. The lowest BCUT2D eigenvalue weighted by Gasteiger charge is -2.38. The van der Waals surface area contributed by atoms with E-state index in [0.29, 0.717) is 11.3 Å². The van der Waals surface area contributed by atoms with Crippen molar-refractivity contribution in [2.24, 2.45) is 7.05 Å². The number of rotatable bonds is 2. The third-order valence-corrected chi connectivity index (χ3v) is 3.75. The predicted molar refractivity (Wildman–Crippen MR) is 60.3 cm³/mol. The third-order valence-electron chi connectivity index (χ3n) is 2.67. The summed E-state index contributed by atoms with van der Waals surface area (Å²) in [6, 6.07) is 0. The molecule has 0 radical (unpaired) electrons. The van der Waals surface area contributed by atoms with Gasteiger partial charge in [-0.25, -0.2) is 0 Å². The number of aromatic nitrogens is 3. The Hall–Kier alpha value is -2.09. The first-order chi connectivity index (χ1) is 8.58. The van der Waals surface area contributed by atoms with Gasteiger partial charge in [-0.05, 0) is 11.5 Å². The Morgan fingerprint density at radius 1 is 1.61 bits per heavy atom. The van der Waals surface area contributed by atoms with Gasteiger partial charge >= 0.3 is 0 Å². The van der Waals surface area contributed by atoms with Gasteiger partial charge in [-0.2, -0.15) is 0 Å². The van der Waals surface area contributed by atoms with Crippen molar-refractivity contribution in [2.75, 3.05) is 0 Å². The molecule has 0 bridgehead atoms. The van der Waals surface area contributed by atoms with Crippen molar-refractivity contribution in [1.82, 2.24) is 19.9 Å². The van der Waals surface area contributed by atoms with Crippen LogP contribution in [-0.2, 0) is 16.6 Å². The summed E-state index contributed by atoms with van der Waals surface area (Å²) >= 11 is 1.27. The number of carbonyl (C=O) groups excluding carboxylic acids is 2. The molecule has 1 amide bonds. The molecule has 92 valence electrons. The van der Waals surface area contributed by atoms with Crippen LogP contribution in [0.15, 0.2) is 22.9 Å². The lowest BCUT2D eigenvalue weighted by molar-refractivity contribution is -0.301. The lowest BCUT2D eigenvalue weighted by atomic mass is 10.0. The van der Waals surface area contributed by atoms with Gasteiger partial charge in [0, 0.05) is 7.05 Å². The van der Waals surface area contributed by atoms with Crippen LogP contribution in [0.1, 0.15) is 5.69 Å². The number of thioether (sulfide) groups is 1. The van der Waals surface area contributed by atoms with Gasteiger partial charge in [0.2, 0.25) is 0 Å². The largest absolute Gasteiger partial charge is 0.543 e. The van der Waals surface area contributed by atoms with E-state index < -0.39 is 5.97 Å². The van der Waals surface area contributed by atoms with E-state index in [9.17, 15) is 14.7 Å². The molecule has 3 heterocycles. The molecule has 1 aromatic heterocycles. The van der Waals surface area contributed by atoms with Gasteiger partial charge in [0.15, 0.2) is 0 Å². The standard InChI is InChI=1S/C10H8N4O3S/c1-13-3-5(11-12-13)2-6-8(15)14-7(10(16)17)4-18-9(6)14/h2-4,9H,1H3,(H,16,17)/p-1/t9-/m1/s1. The average Bonchev–Trinajstić information content (AvgIpc) is 2.89. The zero-order valence-electron chi connectivity index (χ0n) is 9.23. The van der Waals surface area contributed by atoms with Crippen LogP contribution in [-0.4, -0.2) is 37.1 Å². The van der Waals surface area contributed by atoms with E-state index in [0.717, 1.165) is 0 Å². The summed E-state index contributed by atoms with van der Waals surface area (Å²) in [5, 5.41) is 19.5. The highest BCUT2D eigenvalue weighted by Gasteiger charge is 2.47. The Kier molecular flexibility index (Phi) is 2.27. The number of carboxylic acid groups (broad SMARTS) is 1. The topological polar surface area (TPSA) is 91.2 Å². The van der Waals surface area contributed by atoms with Crippen molar-refractivity contribution in [3.63, 3.8) is 0 Å². The van der Waals surface area contributed by atoms with Crippen LogP contribution >= 0.6 is 11.8 Å². The Labute approximate surface area is 106 Å². The molecule has 2 aliphatic heterocycles. The van der Waals surface area contributed by atoms with Crippen LogP contribution in [0, 0.1) is 0 Å². The predicted octanol–water partition coefficient (Wildman–Crippen LogP) is -1.30. The highest BCUT2D eigenvalue weighted by Crippen LogP contribution is 2.44. The highest BCUT2D eigenvalue weighted by atomic mass is 32.2. The molecule has 1 aromatic rings. The number of fused-ring (bicyclic) bond motifs is 1. The molecule has 3 rings (SSSR count). The molecule has 18 heavy (non-hydrogen) atoms. The number of β-lactam (4-membered cyclic amide) rings is 1. The number of hydrogen-bond donors (Lipinski definition) is 0. The first-order valence-corrected chi connectivity index (χ1v) is 6.00. The maximum Gasteiger partial charge on any atom is 0.258 e. The zero-order chi connectivity index (χ0) is 12.9. The van der Waals surface area contributed by atoms with Gasteiger partial charge < -0.3 is 9.90 Å². The van der Waals surface area contributed by atoms with Crippen molar-refractivity contribution < 1.29 is 14.7 Å². The highest BCUT2D eigenvalue weighted by molar-refractivity contribution is 8.03. The van der Waals surface area contributed by atoms with Crippen LogP contribution in [0.3, 0.4) is 0 Å². The van der Waals surface area contributed by atoms with E-state index in [1.165, 1.54) is 26.8 Å². The molecule has 0 aliphatic carbocycles. The van der Waals surface area contributed by atoms with Crippen molar-refractivity contribution in [1.29, 1.82) is 0 Å². The zero-order valence-corrected chi connectivity index (χ0v) is 10.0. The van der Waals surface area contributed by atoms with Gasteiger partial charge in [0.1, 0.15) is 11.1 Å². The molecule has 7 nitrogen and oxygen atoms in total. The number of hydrogen-bond acceptors (Lipinski definition) is 6. The van der Waals surface area contributed by atoms with Gasteiger partial charge in [-0.3, -0.25) is 14.4 Å². The van der Waals surface area contributed by atoms with E-state index in [2.05, 4.69) is 10.3 Å². The molecule has 0 unspecified atom stereocenters. The number of nitrogens with zero attached hydrogens (tertiary/aromatic N) is 4. The quantitative estimate of drug-likeness (QED) is 0.487. The molecule has 1 saturated heterocycles. The summed E-state index contributed by atoms with van der Waals surface area (Å²) in [5.41, 5.74) is 1.02. The first kappa shape index (κ1) is 11.0. The summed E-state index contributed by atoms with van der Waals surface area (Å²) in [7, 11) is 1.73. The summed E-state index contributed by atoms with van der Waals surface area (Å²) < 4.78 is 1.53. The summed E-state index contributed by atoms with van der Waals surface area (Å²) in [6.45, 7) is 0. The van der Waals surface area contributed by atoms with Gasteiger partial charge in [-0.15, -0.1) is 16.9 Å². The molecule has 0 N–H and O–H groups in total. The summed E-state index contributed by atoms with van der Waals surface area (Å²) in [4.78, 5) is 23.8. The van der Waals surface area contributed by atoms with Crippen LogP contribution < -0.4 is 5.11 Å². The van der Waals surface area contributed by atoms with E-state index in [4.69, 9.17) is 0 Å². The van der Waals surface area contributed by atoms with Crippen LogP contribution in [0.4, 0.5) is 0 Å². The molecule has 1 fully saturated rings. The molecule has 0 saturated carbocycles. The maximum atomic E-state index is 11.8. The smallest absolute Gasteiger partial charge is 0.258 e. The van der Waals surface area contributed by atoms with E-state index in [1.54, 1.807) is 19.3 Å². The second-order valence-corrected chi connectivity index (χ2v) is 4.83. The molecule has 0 aromatic carbocycles. The molecule has 2 aliphatic rings. The number of amides is 1. The van der Waals surface area contributed by atoms with Crippen LogP contribution in [0.2, 0.25) is 0 Å². The number of aliphatic carboxylic acids is 1. The van der Waals surface area contributed by atoms with Crippen LogP contribution in [0.5, 0.6) is 0 Å². The maximum absolute atomic E-state index is 11.8. The Balaban J connectivity index is 1.86. The SMILES string of the molecule is Cn1cc(C=C2C(=O)N3C(C(=O)[O-])=CS[C@H]23)nn1. The van der Waals surface area contributed by atoms with Gasteiger partial charge in [-0.1, -0.05) is 5.21 Å². The minimum Gasteiger partial charge on any atom is -0.543 e. The fourth-order valence-corrected chi connectivity index (χ4v) is 2.96. The number of aryl methyl sites for hydroxylation is 1. The molecular formula is C10H7N4O3S-. The molecular weight excluding hydrogens is 256 g/mol. The normalized spacial score (nSPS) is 23.9. The molecule has 0 spiro atoms. The van der Waals surface area contributed by atoms with Crippen molar-refractivity contribution in [3.8, 4) is 0 Å². The first-order valence-electron chi connectivity index (χ1n) is 5.06. The molecule has 1 atom stereocenters. The minimum atomic E-state index is -1.34. The van der Waals surface area contributed by atoms with Crippen molar-refractivity contribution in [3.05, 3.63) is 28.6 Å². The minimum absolute atomic E-state index is 0.0775. The monoisotopic (exact) mass is 263 g/mol. The average molecular weight is 263 g/mol. The third kappa shape index (κ3) is 1.46. The second-order valence-electron chi connectivity index (χ2n) is 3.87. The lowest BCUT2D eigenvalue weighted by Crippen LogP contribution is -2.52. The van der Waals surface area contributed by atoms with Gasteiger partial charge in [0.05, 0.1) is 23.4 Å². The second kappa shape index (κ2) is 3.70. The van der Waals surface area contributed by atoms with E-state index in [-0.39, 0.29) is 17.0 Å². The fraction of sp³-hybridized carbons (Fsp3) is 0.200. The Bertz CT molecular complexity index is 618. The fourth-order valence-electron chi connectivity index (χ4n) is 1.85. The van der Waals surface area contributed by atoms with Crippen molar-refractivity contribution >= 4 is 29.7 Å². The van der Waals surface area contributed by atoms with E-state index in [1.807, 2.05) is 0 Å². The van der Waals surface area contributed by atoms with Crippen molar-refractivity contribution in [2.45, 2.75) is 5.37 Å².